The fraction of sp³-hybridized carbons (Fsp3) is 0.167. The van der Waals surface area contributed by atoms with Crippen LogP contribution in [0.3, 0.4) is 0 Å². The molecule has 0 radical (unpaired) electrons. The van der Waals surface area contributed by atoms with E-state index in [9.17, 15) is 4.79 Å². The Bertz CT molecular complexity index is 853. The summed E-state index contributed by atoms with van der Waals surface area (Å²) in [5.41, 5.74) is 1.01. The molecule has 0 atom stereocenters. The Kier molecular flexibility index (Phi) is 3.83. The third-order valence-electron chi connectivity index (χ3n) is 3.67. The van der Waals surface area contributed by atoms with Gasteiger partial charge >= 0.3 is 0 Å². The maximum Gasteiger partial charge on any atom is 0.262 e. The van der Waals surface area contributed by atoms with Gasteiger partial charge in [-0.3, -0.25) is 4.79 Å². The summed E-state index contributed by atoms with van der Waals surface area (Å²) in [4.78, 5) is 12.8. The third-order valence-corrected chi connectivity index (χ3v) is 3.67. The van der Waals surface area contributed by atoms with Crippen molar-refractivity contribution in [2.24, 2.45) is 0 Å². The summed E-state index contributed by atoms with van der Waals surface area (Å²) in [6.45, 7) is 0.533. The molecular formula is C18H17NO3. The van der Waals surface area contributed by atoms with Crippen LogP contribution in [-0.4, -0.2) is 18.8 Å². The van der Waals surface area contributed by atoms with Crippen LogP contribution >= 0.6 is 0 Å². The molecule has 0 bridgehead atoms. The minimum atomic E-state index is -0.0687. The maximum absolute atomic E-state index is 12.8. The monoisotopic (exact) mass is 295 g/mol. The molecule has 2 aromatic carbocycles. The van der Waals surface area contributed by atoms with Gasteiger partial charge in [-0.25, -0.2) is 0 Å². The van der Waals surface area contributed by atoms with Crippen LogP contribution in [0.5, 0.6) is 11.5 Å². The van der Waals surface area contributed by atoms with Gasteiger partial charge in [0.1, 0.15) is 11.5 Å². The van der Waals surface area contributed by atoms with Crippen LogP contribution in [0.4, 0.5) is 0 Å². The van der Waals surface area contributed by atoms with E-state index in [1.54, 1.807) is 31.0 Å². The number of aromatic nitrogens is 1. The van der Waals surface area contributed by atoms with E-state index < -0.39 is 0 Å². The number of rotatable bonds is 4. The summed E-state index contributed by atoms with van der Waals surface area (Å²) in [6.07, 6.45) is 1.80. The Morgan fingerprint density at radius 1 is 1.00 bits per heavy atom. The van der Waals surface area contributed by atoms with Crippen molar-refractivity contribution < 1.29 is 9.47 Å². The standard InChI is InChI=1S/C18H17NO3/c1-21-15-10-14-8-9-19(12-13-6-4-3-5-7-13)18(20)17(14)16(11-15)22-2/h3-11H,12H2,1-2H3. The summed E-state index contributed by atoms with van der Waals surface area (Å²) in [7, 11) is 3.15. The van der Waals surface area contributed by atoms with Crippen LogP contribution in [0.2, 0.25) is 0 Å². The van der Waals surface area contributed by atoms with Gasteiger partial charge in [0.2, 0.25) is 0 Å². The van der Waals surface area contributed by atoms with Gasteiger partial charge in [0.15, 0.2) is 0 Å². The lowest BCUT2D eigenvalue weighted by molar-refractivity contribution is 0.397. The molecule has 0 amide bonds. The van der Waals surface area contributed by atoms with Crippen molar-refractivity contribution in [3.63, 3.8) is 0 Å². The molecule has 3 rings (SSSR count). The first-order valence-corrected chi connectivity index (χ1v) is 7.02. The minimum absolute atomic E-state index is 0.0687. The molecule has 1 heterocycles. The molecule has 0 spiro atoms. The van der Waals surface area contributed by atoms with Crippen molar-refractivity contribution in [2.45, 2.75) is 6.54 Å². The normalized spacial score (nSPS) is 10.6. The van der Waals surface area contributed by atoms with Gasteiger partial charge < -0.3 is 14.0 Å². The van der Waals surface area contributed by atoms with E-state index in [-0.39, 0.29) is 5.56 Å². The van der Waals surface area contributed by atoms with E-state index in [4.69, 9.17) is 9.47 Å². The molecule has 0 N–H and O–H groups in total. The lowest BCUT2D eigenvalue weighted by Gasteiger charge is -2.11. The predicted octanol–water partition coefficient (Wildman–Crippen LogP) is 3.07. The maximum atomic E-state index is 12.8. The molecule has 0 saturated heterocycles. The Labute approximate surface area is 128 Å². The molecule has 4 heteroatoms. The Balaban J connectivity index is 2.15. The Morgan fingerprint density at radius 3 is 2.45 bits per heavy atom. The highest BCUT2D eigenvalue weighted by atomic mass is 16.5. The van der Waals surface area contributed by atoms with Gasteiger partial charge in [0.05, 0.1) is 26.2 Å². The van der Waals surface area contributed by atoms with E-state index in [1.807, 2.05) is 42.5 Å². The minimum Gasteiger partial charge on any atom is -0.497 e. The number of hydrogen-bond acceptors (Lipinski definition) is 3. The largest absolute Gasteiger partial charge is 0.497 e. The molecule has 3 aromatic rings. The number of methoxy groups -OCH3 is 2. The first-order valence-electron chi connectivity index (χ1n) is 7.02. The van der Waals surface area contributed by atoms with E-state index in [2.05, 4.69) is 0 Å². The average molecular weight is 295 g/mol. The highest BCUT2D eigenvalue weighted by Crippen LogP contribution is 2.28. The van der Waals surface area contributed by atoms with Crippen LogP contribution < -0.4 is 15.0 Å². The van der Waals surface area contributed by atoms with Crippen LogP contribution in [0.15, 0.2) is 59.5 Å². The quantitative estimate of drug-likeness (QED) is 0.742. The van der Waals surface area contributed by atoms with Crippen molar-refractivity contribution >= 4 is 10.8 Å². The second-order valence-corrected chi connectivity index (χ2v) is 5.03. The topological polar surface area (TPSA) is 40.5 Å². The van der Waals surface area contributed by atoms with Crippen molar-refractivity contribution in [1.82, 2.24) is 4.57 Å². The molecule has 112 valence electrons. The Morgan fingerprint density at radius 2 is 1.77 bits per heavy atom. The molecule has 4 nitrogen and oxygen atoms in total. The van der Waals surface area contributed by atoms with Gasteiger partial charge in [0, 0.05) is 12.3 Å². The Hall–Kier alpha value is -2.75. The number of benzene rings is 2. The van der Waals surface area contributed by atoms with Crippen LogP contribution in [0, 0.1) is 0 Å². The molecule has 0 unspecified atom stereocenters. The molecular weight excluding hydrogens is 278 g/mol. The average Bonchev–Trinajstić information content (AvgIpc) is 2.57. The second kappa shape index (κ2) is 5.93. The van der Waals surface area contributed by atoms with Gasteiger partial charge in [-0.15, -0.1) is 0 Å². The second-order valence-electron chi connectivity index (χ2n) is 5.03. The van der Waals surface area contributed by atoms with Crippen molar-refractivity contribution in [3.05, 3.63) is 70.6 Å². The van der Waals surface area contributed by atoms with E-state index in [0.29, 0.717) is 23.4 Å². The molecule has 0 aliphatic heterocycles. The highest BCUT2D eigenvalue weighted by molar-refractivity contribution is 5.89. The zero-order valence-corrected chi connectivity index (χ0v) is 12.6. The van der Waals surface area contributed by atoms with Gasteiger partial charge in [0.25, 0.3) is 5.56 Å². The van der Waals surface area contributed by atoms with Gasteiger partial charge in [-0.2, -0.15) is 0 Å². The van der Waals surface area contributed by atoms with E-state index >= 15 is 0 Å². The summed E-state index contributed by atoms with van der Waals surface area (Å²) in [5.74, 6) is 1.20. The number of hydrogen-bond donors (Lipinski definition) is 0. The van der Waals surface area contributed by atoms with E-state index in [0.717, 1.165) is 10.9 Å². The van der Waals surface area contributed by atoms with Crippen molar-refractivity contribution in [1.29, 1.82) is 0 Å². The lowest BCUT2D eigenvalue weighted by Crippen LogP contribution is -2.20. The fourth-order valence-electron chi connectivity index (χ4n) is 2.54. The molecule has 0 fully saturated rings. The van der Waals surface area contributed by atoms with Crippen LogP contribution in [0.1, 0.15) is 5.56 Å². The van der Waals surface area contributed by atoms with Crippen molar-refractivity contribution in [3.8, 4) is 11.5 Å². The first-order chi connectivity index (χ1) is 10.7. The van der Waals surface area contributed by atoms with Gasteiger partial charge in [-0.05, 0) is 23.1 Å². The molecule has 0 saturated carbocycles. The number of nitrogens with zero attached hydrogens (tertiary/aromatic N) is 1. The summed E-state index contributed by atoms with van der Waals surface area (Å²) < 4.78 is 12.3. The van der Waals surface area contributed by atoms with Crippen LogP contribution in [0.25, 0.3) is 10.8 Å². The SMILES string of the molecule is COc1cc(OC)c2c(=O)n(Cc3ccccc3)ccc2c1. The molecule has 22 heavy (non-hydrogen) atoms. The van der Waals surface area contributed by atoms with Crippen LogP contribution in [-0.2, 0) is 6.54 Å². The number of fused-ring (bicyclic) bond motifs is 1. The summed E-state index contributed by atoms with van der Waals surface area (Å²) in [5, 5.41) is 1.38. The zero-order chi connectivity index (χ0) is 15.5. The highest BCUT2D eigenvalue weighted by Gasteiger charge is 2.11. The third kappa shape index (κ3) is 2.55. The summed E-state index contributed by atoms with van der Waals surface area (Å²) >= 11 is 0. The smallest absolute Gasteiger partial charge is 0.262 e. The first kappa shape index (κ1) is 14.2. The van der Waals surface area contributed by atoms with Crippen molar-refractivity contribution in [2.75, 3.05) is 14.2 Å². The predicted molar refractivity (Wildman–Crippen MR) is 86.9 cm³/mol. The molecule has 1 aromatic heterocycles. The molecule has 0 aliphatic rings. The van der Waals surface area contributed by atoms with E-state index in [1.165, 1.54) is 0 Å². The lowest BCUT2D eigenvalue weighted by atomic mass is 10.1. The molecule has 0 aliphatic carbocycles. The number of ether oxygens (including phenoxy) is 2. The fourth-order valence-corrected chi connectivity index (χ4v) is 2.54. The van der Waals surface area contributed by atoms with Gasteiger partial charge in [-0.1, -0.05) is 30.3 Å². The number of pyridine rings is 1. The zero-order valence-electron chi connectivity index (χ0n) is 12.6. The summed E-state index contributed by atoms with van der Waals surface area (Å²) in [6, 6.07) is 15.4.